The van der Waals surface area contributed by atoms with Crippen molar-refractivity contribution in [2.24, 2.45) is 0 Å². The number of anilines is 2. The molecule has 0 aliphatic carbocycles. The van der Waals surface area contributed by atoms with Crippen molar-refractivity contribution in [2.45, 2.75) is 0 Å². The second-order valence-electron chi connectivity index (χ2n) is 3.79. The lowest BCUT2D eigenvalue weighted by atomic mass is 10.3. The average molecular weight is 275 g/mol. The first-order valence-electron chi connectivity index (χ1n) is 5.58. The number of carboxylic acid groups (broad SMARTS) is 1. The number of aromatic nitrogens is 1. The quantitative estimate of drug-likeness (QED) is 0.802. The maximum atomic E-state index is 12.7. The molecule has 1 heterocycles. The number of urea groups is 1. The first-order valence-corrected chi connectivity index (χ1v) is 5.58. The Morgan fingerprint density at radius 1 is 1.10 bits per heavy atom. The normalized spacial score (nSPS) is 9.85. The van der Waals surface area contributed by atoms with Crippen molar-refractivity contribution in [1.29, 1.82) is 0 Å². The summed E-state index contributed by atoms with van der Waals surface area (Å²) in [5, 5.41) is 13.7. The Bertz CT molecular complexity index is 644. The monoisotopic (exact) mass is 275 g/mol. The highest BCUT2D eigenvalue weighted by Gasteiger charge is 2.13. The maximum absolute atomic E-state index is 12.7. The number of hydrogen-bond donors (Lipinski definition) is 3. The van der Waals surface area contributed by atoms with Crippen LogP contribution in [0, 0.1) is 5.82 Å². The summed E-state index contributed by atoms with van der Waals surface area (Å²) in [6.45, 7) is 0. The van der Waals surface area contributed by atoms with E-state index in [2.05, 4.69) is 15.6 Å². The predicted molar refractivity (Wildman–Crippen MR) is 70.2 cm³/mol. The van der Waals surface area contributed by atoms with E-state index < -0.39 is 17.8 Å². The lowest BCUT2D eigenvalue weighted by molar-refractivity contribution is 0.0691. The smallest absolute Gasteiger partial charge is 0.356 e. The van der Waals surface area contributed by atoms with Crippen molar-refractivity contribution in [2.75, 3.05) is 10.6 Å². The zero-order valence-corrected chi connectivity index (χ0v) is 10.1. The van der Waals surface area contributed by atoms with Crippen molar-refractivity contribution in [3.63, 3.8) is 0 Å². The molecule has 2 amide bonds. The third-order valence-corrected chi connectivity index (χ3v) is 2.36. The van der Waals surface area contributed by atoms with Crippen LogP contribution in [0.25, 0.3) is 0 Å². The van der Waals surface area contributed by atoms with E-state index in [4.69, 9.17) is 5.11 Å². The van der Waals surface area contributed by atoms with E-state index in [9.17, 15) is 14.0 Å². The van der Waals surface area contributed by atoms with E-state index in [1.165, 1.54) is 42.6 Å². The molecule has 6 nitrogen and oxygen atoms in total. The van der Waals surface area contributed by atoms with Gasteiger partial charge in [0.05, 0.1) is 5.69 Å². The van der Waals surface area contributed by atoms with Gasteiger partial charge in [0, 0.05) is 11.9 Å². The fourth-order valence-electron chi connectivity index (χ4n) is 1.49. The highest BCUT2D eigenvalue weighted by molar-refractivity contribution is 6.03. The van der Waals surface area contributed by atoms with Crippen LogP contribution >= 0.6 is 0 Å². The molecule has 0 saturated carbocycles. The van der Waals surface area contributed by atoms with Crippen LogP contribution in [0.2, 0.25) is 0 Å². The van der Waals surface area contributed by atoms with Crippen LogP contribution in [-0.2, 0) is 0 Å². The van der Waals surface area contributed by atoms with Crippen molar-refractivity contribution in [3.05, 3.63) is 54.1 Å². The first-order chi connectivity index (χ1) is 9.56. The summed E-state index contributed by atoms with van der Waals surface area (Å²) in [7, 11) is 0. The molecule has 0 aliphatic rings. The largest absolute Gasteiger partial charge is 0.476 e. The van der Waals surface area contributed by atoms with Crippen molar-refractivity contribution in [1.82, 2.24) is 4.98 Å². The van der Waals surface area contributed by atoms with Crippen molar-refractivity contribution < 1.29 is 19.1 Å². The summed E-state index contributed by atoms with van der Waals surface area (Å²) >= 11 is 0. The topological polar surface area (TPSA) is 91.3 Å². The van der Waals surface area contributed by atoms with Crippen LogP contribution < -0.4 is 10.6 Å². The number of nitrogens with one attached hydrogen (secondary N) is 2. The van der Waals surface area contributed by atoms with Crippen LogP contribution in [0.1, 0.15) is 10.5 Å². The maximum Gasteiger partial charge on any atom is 0.356 e. The summed E-state index contributed by atoms with van der Waals surface area (Å²) in [4.78, 5) is 26.3. The van der Waals surface area contributed by atoms with Gasteiger partial charge in [0.25, 0.3) is 0 Å². The number of halogens is 1. The molecular formula is C13H10FN3O3. The Morgan fingerprint density at radius 3 is 2.45 bits per heavy atom. The Morgan fingerprint density at radius 2 is 1.80 bits per heavy atom. The average Bonchev–Trinajstić information content (AvgIpc) is 2.41. The highest BCUT2D eigenvalue weighted by atomic mass is 19.1. The molecule has 0 aliphatic heterocycles. The third-order valence-electron chi connectivity index (χ3n) is 2.36. The molecule has 2 rings (SSSR count). The van der Waals surface area contributed by atoms with Gasteiger partial charge in [-0.2, -0.15) is 0 Å². The molecule has 0 fully saturated rings. The van der Waals surface area contributed by atoms with Gasteiger partial charge >= 0.3 is 12.0 Å². The summed E-state index contributed by atoms with van der Waals surface area (Å²) in [5.41, 5.74) is 0.186. The van der Waals surface area contributed by atoms with Gasteiger partial charge in [-0.05, 0) is 36.4 Å². The molecule has 0 bridgehead atoms. The minimum absolute atomic E-state index is 0.0691. The molecule has 3 N–H and O–H groups in total. The van der Waals surface area contributed by atoms with E-state index in [1.54, 1.807) is 0 Å². The molecule has 0 unspecified atom stereocenters. The van der Waals surface area contributed by atoms with Crippen LogP contribution in [0.5, 0.6) is 0 Å². The predicted octanol–water partition coefficient (Wildman–Crippen LogP) is 2.56. The molecule has 0 atom stereocenters. The van der Waals surface area contributed by atoms with Gasteiger partial charge in [-0.3, -0.25) is 0 Å². The number of hydrogen-bond acceptors (Lipinski definition) is 3. The molecule has 7 heteroatoms. The van der Waals surface area contributed by atoms with Crippen LogP contribution in [0.3, 0.4) is 0 Å². The molecule has 102 valence electrons. The lowest BCUT2D eigenvalue weighted by Gasteiger charge is -2.09. The number of nitrogens with zero attached hydrogens (tertiary/aromatic N) is 1. The van der Waals surface area contributed by atoms with Gasteiger partial charge in [-0.25, -0.2) is 19.0 Å². The number of carbonyl (C=O) groups excluding carboxylic acids is 1. The SMILES string of the molecule is O=C(Nc1ccc(F)cc1)Nc1cccnc1C(=O)O. The molecule has 0 radical (unpaired) electrons. The lowest BCUT2D eigenvalue weighted by Crippen LogP contribution is -2.21. The number of rotatable bonds is 3. The van der Waals surface area contributed by atoms with Crippen LogP contribution in [0.15, 0.2) is 42.6 Å². The number of carbonyl (C=O) groups is 2. The third kappa shape index (κ3) is 3.29. The molecule has 1 aromatic carbocycles. The van der Waals surface area contributed by atoms with Crippen LogP contribution in [0.4, 0.5) is 20.6 Å². The number of carboxylic acids is 1. The van der Waals surface area contributed by atoms with Crippen LogP contribution in [-0.4, -0.2) is 22.1 Å². The highest BCUT2D eigenvalue weighted by Crippen LogP contribution is 2.13. The second kappa shape index (κ2) is 5.79. The first kappa shape index (κ1) is 13.5. The molecule has 1 aromatic heterocycles. The van der Waals surface area contributed by atoms with E-state index in [1.807, 2.05) is 0 Å². The molecule has 2 aromatic rings. The fourth-order valence-corrected chi connectivity index (χ4v) is 1.49. The zero-order valence-electron chi connectivity index (χ0n) is 10.1. The summed E-state index contributed by atoms with van der Waals surface area (Å²) in [6.07, 6.45) is 1.31. The number of benzene rings is 1. The number of pyridine rings is 1. The van der Waals surface area contributed by atoms with Gasteiger partial charge in [0.15, 0.2) is 5.69 Å². The Kier molecular flexibility index (Phi) is 3.90. The van der Waals surface area contributed by atoms with Crippen molar-refractivity contribution >= 4 is 23.4 Å². The van der Waals surface area contributed by atoms with Crippen molar-refractivity contribution in [3.8, 4) is 0 Å². The fraction of sp³-hybridized carbons (Fsp3) is 0. The molecule has 20 heavy (non-hydrogen) atoms. The Labute approximate surface area is 113 Å². The van der Waals surface area contributed by atoms with E-state index >= 15 is 0 Å². The minimum Gasteiger partial charge on any atom is -0.476 e. The number of aromatic carboxylic acids is 1. The van der Waals surface area contributed by atoms with Gasteiger partial charge < -0.3 is 15.7 Å². The zero-order chi connectivity index (χ0) is 14.5. The Hall–Kier alpha value is -2.96. The van der Waals surface area contributed by atoms with E-state index in [0.29, 0.717) is 5.69 Å². The Balaban J connectivity index is 2.08. The second-order valence-corrected chi connectivity index (χ2v) is 3.79. The minimum atomic E-state index is -1.25. The number of amides is 2. The van der Waals surface area contributed by atoms with Gasteiger partial charge in [-0.15, -0.1) is 0 Å². The standard InChI is InChI=1S/C13H10FN3O3/c14-8-3-5-9(6-4-8)16-13(20)17-10-2-1-7-15-11(10)12(18)19/h1-7H,(H,18,19)(H2,16,17,20). The van der Waals surface area contributed by atoms with E-state index in [-0.39, 0.29) is 11.4 Å². The van der Waals surface area contributed by atoms with E-state index in [0.717, 1.165) is 0 Å². The summed E-state index contributed by atoms with van der Waals surface area (Å²) < 4.78 is 12.7. The molecular weight excluding hydrogens is 265 g/mol. The van der Waals surface area contributed by atoms with Gasteiger partial charge in [-0.1, -0.05) is 0 Å². The molecule has 0 saturated heterocycles. The van der Waals surface area contributed by atoms with Gasteiger partial charge in [0.2, 0.25) is 0 Å². The van der Waals surface area contributed by atoms with Gasteiger partial charge in [0.1, 0.15) is 5.82 Å². The summed E-state index contributed by atoms with van der Waals surface area (Å²) in [6, 6.07) is 7.44. The summed E-state index contributed by atoms with van der Waals surface area (Å²) in [5.74, 6) is -1.67. The molecule has 0 spiro atoms.